The van der Waals surface area contributed by atoms with E-state index in [9.17, 15) is 0 Å². The van der Waals surface area contributed by atoms with Gasteiger partial charge in [-0.3, -0.25) is 0 Å². The summed E-state index contributed by atoms with van der Waals surface area (Å²) < 4.78 is 2.53. The fourth-order valence-electron chi connectivity index (χ4n) is 6.27. The van der Waals surface area contributed by atoms with Gasteiger partial charge in [0.2, 0.25) is 0 Å². The van der Waals surface area contributed by atoms with Crippen molar-refractivity contribution in [3.8, 4) is 45.3 Å². The predicted octanol–water partition coefficient (Wildman–Crippen LogP) is 11.2. The van der Waals surface area contributed by atoms with Gasteiger partial charge in [-0.05, 0) is 56.9 Å². The lowest BCUT2D eigenvalue weighted by Gasteiger charge is -2.09. The number of hydrogen-bond acceptors (Lipinski definition) is 4. The minimum absolute atomic E-state index is 0.667. The maximum absolute atomic E-state index is 4.97. The van der Waals surface area contributed by atoms with E-state index in [0.717, 1.165) is 16.7 Å². The third-order valence-corrected chi connectivity index (χ3v) is 9.73. The molecule has 0 saturated carbocycles. The molecular formula is C41H25N3S. The van der Waals surface area contributed by atoms with E-state index in [-0.39, 0.29) is 0 Å². The second-order valence-electron chi connectivity index (χ2n) is 11.3. The summed E-state index contributed by atoms with van der Waals surface area (Å²) in [6.45, 7) is 0. The molecule has 2 aromatic heterocycles. The van der Waals surface area contributed by atoms with Crippen LogP contribution in [0.15, 0.2) is 152 Å². The molecule has 0 N–H and O–H groups in total. The molecule has 0 bridgehead atoms. The molecule has 0 unspecified atom stereocenters. The van der Waals surface area contributed by atoms with Crippen LogP contribution in [0.2, 0.25) is 0 Å². The van der Waals surface area contributed by atoms with Gasteiger partial charge >= 0.3 is 0 Å². The first kappa shape index (κ1) is 25.8. The van der Waals surface area contributed by atoms with Crippen LogP contribution in [0, 0.1) is 0 Å². The highest BCUT2D eigenvalue weighted by molar-refractivity contribution is 7.26. The van der Waals surface area contributed by atoms with E-state index in [1.165, 1.54) is 52.8 Å². The van der Waals surface area contributed by atoms with E-state index in [1.807, 2.05) is 72.0 Å². The quantitative estimate of drug-likeness (QED) is 0.191. The van der Waals surface area contributed by atoms with Crippen molar-refractivity contribution >= 4 is 53.1 Å². The number of nitrogens with zero attached hydrogens (tertiary/aromatic N) is 3. The van der Waals surface area contributed by atoms with Gasteiger partial charge in [0.15, 0.2) is 17.5 Å². The number of fused-ring (bicyclic) bond motifs is 6. The molecule has 0 aliphatic heterocycles. The van der Waals surface area contributed by atoms with Crippen molar-refractivity contribution in [3.63, 3.8) is 0 Å². The van der Waals surface area contributed by atoms with Crippen molar-refractivity contribution in [2.45, 2.75) is 0 Å². The molecule has 0 aliphatic carbocycles. The molecule has 2 heterocycles. The molecule has 0 aliphatic rings. The third-order valence-electron chi connectivity index (χ3n) is 8.51. The summed E-state index contributed by atoms with van der Waals surface area (Å²) in [5.41, 5.74) is 5.39. The standard InChI is InChI=1S/C41H25N3S/c1-3-11-28(12-4-1)39-42-40(29-13-5-2-6-14-29)44-41(43-39)31-22-23-37-36(25-31)34-17-9-16-33(38(34)45-37)30-21-20-27-19-18-26-10-7-8-15-32(26)35(27)24-30/h1-25H. The van der Waals surface area contributed by atoms with Crippen molar-refractivity contribution in [1.29, 1.82) is 0 Å². The first-order chi connectivity index (χ1) is 22.3. The Morgan fingerprint density at radius 2 is 0.911 bits per heavy atom. The first-order valence-electron chi connectivity index (χ1n) is 15.0. The Hall–Kier alpha value is -5.71. The van der Waals surface area contributed by atoms with Gasteiger partial charge in [0.1, 0.15) is 0 Å². The molecule has 210 valence electrons. The highest BCUT2D eigenvalue weighted by Gasteiger charge is 2.16. The largest absolute Gasteiger partial charge is 0.208 e. The van der Waals surface area contributed by atoms with E-state index >= 15 is 0 Å². The Labute approximate surface area is 264 Å². The predicted molar refractivity (Wildman–Crippen MR) is 189 cm³/mol. The van der Waals surface area contributed by atoms with Gasteiger partial charge in [-0.2, -0.15) is 0 Å². The molecule has 0 fully saturated rings. The van der Waals surface area contributed by atoms with Gasteiger partial charge in [-0.15, -0.1) is 11.3 Å². The first-order valence-corrected chi connectivity index (χ1v) is 15.8. The SMILES string of the molecule is c1ccc(-c2nc(-c3ccccc3)nc(-c3ccc4sc5c(-c6ccc7ccc8ccccc8c7c6)cccc5c4c3)n2)cc1. The molecule has 0 radical (unpaired) electrons. The van der Waals surface area contributed by atoms with Crippen molar-refractivity contribution in [2.24, 2.45) is 0 Å². The third kappa shape index (κ3) is 4.46. The molecule has 0 saturated heterocycles. The summed E-state index contributed by atoms with van der Waals surface area (Å²) in [5, 5.41) is 7.54. The van der Waals surface area contributed by atoms with Gasteiger partial charge < -0.3 is 0 Å². The summed E-state index contributed by atoms with van der Waals surface area (Å²) in [6, 6.07) is 53.4. The molecule has 3 nitrogen and oxygen atoms in total. The monoisotopic (exact) mass is 591 g/mol. The lowest BCUT2D eigenvalue weighted by molar-refractivity contribution is 1.07. The zero-order valence-electron chi connectivity index (χ0n) is 24.2. The van der Waals surface area contributed by atoms with E-state index < -0.39 is 0 Å². The van der Waals surface area contributed by atoms with Crippen LogP contribution in [-0.2, 0) is 0 Å². The zero-order chi connectivity index (χ0) is 29.7. The fourth-order valence-corrected chi connectivity index (χ4v) is 7.49. The highest BCUT2D eigenvalue weighted by atomic mass is 32.1. The summed E-state index contributed by atoms with van der Waals surface area (Å²) in [7, 11) is 0. The Balaban J connectivity index is 1.21. The van der Waals surface area contributed by atoms with Crippen molar-refractivity contribution in [1.82, 2.24) is 15.0 Å². The van der Waals surface area contributed by atoms with Gasteiger partial charge in [0.05, 0.1) is 0 Å². The topological polar surface area (TPSA) is 38.7 Å². The van der Waals surface area contributed by atoms with Crippen LogP contribution in [0.25, 0.3) is 87.0 Å². The minimum Gasteiger partial charge on any atom is -0.208 e. The maximum Gasteiger partial charge on any atom is 0.164 e. The molecule has 9 aromatic rings. The smallest absolute Gasteiger partial charge is 0.164 e. The van der Waals surface area contributed by atoms with Crippen LogP contribution in [0.5, 0.6) is 0 Å². The van der Waals surface area contributed by atoms with E-state index in [4.69, 9.17) is 15.0 Å². The van der Waals surface area contributed by atoms with Crippen LogP contribution in [0.4, 0.5) is 0 Å². The van der Waals surface area contributed by atoms with Crippen LogP contribution in [0.1, 0.15) is 0 Å². The van der Waals surface area contributed by atoms with Crippen LogP contribution in [-0.4, -0.2) is 15.0 Å². The van der Waals surface area contributed by atoms with Gasteiger partial charge in [-0.25, -0.2) is 15.0 Å². The Kier molecular flexibility index (Phi) is 6.00. The lowest BCUT2D eigenvalue weighted by atomic mass is 9.96. The molecule has 4 heteroatoms. The van der Waals surface area contributed by atoms with Crippen LogP contribution in [0.3, 0.4) is 0 Å². The average Bonchev–Trinajstić information content (AvgIpc) is 3.50. The molecular weight excluding hydrogens is 567 g/mol. The Bertz CT molecular complexity index is 2480. The molecule has 0 amide bonds. The molecule has 7 aromatic carbocycles. The summed E-state index contributed by atoms with van der Waals surface area (Å²) >= 11 is 1.84. The van der Waals surface area contributed by atoms with Crippen molar-refractivity contribution in [2.75, 3.05) is 0 Å². The lowest BCUT2D eigenvalue weighted by Crippen LogP contribution is -2.00. The normalized spacial score (nSPS) is 11.6. The van der Waals surface area contributed by atoms with E-state index in [0.29, 0.717) is 17.5 Å². The Morgan fingerprint density at radius 1 is 0.356 bits per heavy atom. The zero-order valence-corrected chi connectivity index (χ0v) is 25.0. The number of aromatic nitrogens is 3. The molecule has 0 spiro atoms. The highest BCUT2D eigenvalue weighted by Crippen LogP contribution is 2.42. The number of thiophene rings is 1. The summed E-state index contributed by atoms with van der Waals surface area (Å²) in [4.78, 5) is 14.8. The van der Waals surface area contributed by atoms with Gasteiger partial charge in [0.25, 0.3) is 0 Å². The Morgan fingerprint density at radius 3 is 1.64 bits per heavy atom. The molecule has 9 rings (SSSR count). The van der Waals surface area contributed by atoms with E-state index in [2.05, 4.69) is 91.0 Å². The molecule has 0 atom stereocenters. The van der Waals surface area contributed by atoms with Crippen LogP contribution >= 0.6 is 11.3 Å². The van der Waals surface area contributed by atoms with E-state index in [1.54, 1.807) is 0 Å². The van der Waals surface area contributed by atoms with Gasteiger partial charge in [0, 0.05) is 36.9 Å². The van der Waals surface area contributed by atoms with Gasteiger partial charge in [-0.1, -0.05) is 127 Å². The summed E-state index contributed by atoms with van der Waals surface area (Å²) in [5.74, 6) is 2.00. The number of benzene rings is 7. The number of rotatable bonds is 4. The minimum atomic E-state index is 0.667. The molecule has 45 heavy (non-hydrogen) atoms. The van der Waals surface area contributed by atoms with Crippen molar-refractivity contribution in [3.05, 3.63) is 152 Å². The number of hydrogen-bond donors (Lipinski definition) is 0. The second kappa shape index (κ2) is 10.5. The second-order valence-corrected chi connectivity index (χ2v) is 12.3. The maximum atomic E-state index is 4.97. The summed E-state index contributed by atoms with van der Waals surface area (Å²) in [6.07, 6.45) is 0. The van der Waals surface area contributed by atoms with Crippen LogP contribution < -0.4 is 0 Å². The van der Waals surface area contributed by atoms with Crippen molar-refractivity contribution < 1.29 is 0 Å². The fraction of sp³-hybridized carbons (Fsp3) is 0. The average molecular weight is 592 g/mol.